The summed E-state index contributed by atoms with van der Waals surface area (Å²) in [6.07, 6.45) is 2.95. The Morgan fingerprint density at radius 3 is 2.82 bits per heavy atom. The Bertz CT molecular complexity index is 761. The third-order valence-corrected chi connectivity index (χ3v) is 3.51. The van der Waals surface area contributed by atoms with Crippen LogP contribution in [0.1, 0.15) is 5.56 Å². The molecule has 0 unspecified atom stereocenters. The number of carbonyl (C=O) groups is 1. The van der Waals surface area contributed by atoms with Gasteiger partial charge in [-0.3, -0.25) is 4.79 Å². The number of benzene rings is 2. The van der Waals surface area contributed by atoms with Crippen LogP contribution in [0, 0.1) is 5.82 Å². The molecule has 3 rings (SSSR count). The van der Waals surface area contributed by atoms with Gasteiger partial charge in [0.2, 0.25) is 12.7 Å². The second-order valence-corrected chi connectivity index (χ2v) is 5.48. The lowest BCUT2D eigenvalue weighted by Gasteiger charge is -2.04. The van der Waals surface area contributed by atoms with Crippen molar-refractivity contribution in [1.82, 2.24) is 0 Å². The Kier molecular flexibility index (Phi) is 4.11. The zero-order valence-electron chi connectivity index (χ0n) is 11.3. The van der Waals surface area contributed by atoms with E-state index in [2.05, 4.69) is 21.2 Å². The molecule has 4 nitrogen and oxygen atoms in total. The first-order valence-electron chi connectivity index (χ1n) is 6.45. The van der Waals surface area contributed by atoms with Gasteiger partial charge in [0.25, 0.3) is 0 Å². The van der Waals surface area contributed by atoms with Crippen LogP contribution in [0.15, 0.2) is 46.9 Å². The quantitative estimate of drug-likeness (QED) is 0.839. The maximum absolute atomic E-state index is 13.6. The molecular weight excluding hydrogens is 353 g/mol. The lowest BCUT2D eigenvalue weighted by atomic mass is 10.2. The summed E-state index contributed by atoms with van der Waals surface area (Å²) >= 11 is 3.16. The molecule has 1 aliphatic rings. The molecule has 2 aromatic carbocycles. The number of carbonyl (C=O) groups excluding carboxylic acids is 1. The van der Waals surface area contributed by atoms with E-state index < -0.39 is 11.7 Å². The van der Waals surface area contributed by atoms with Crippen LogP contribution in [0.25, 0.3) is 6.08 Å². The first-order chi connectivity index (χ1) is 10.6. The van der Waals surface area contributed by atoms with E-state index in [1.54, 1.807) is 30.3 Å². The first kappa shape index (κ1) is 14.6. The Morgan fingerprint density at radius 2 is 2.00 bits per heavy atom. The zero-order valence-corrected chi connectivity index (χ0v) is 12.9. The standard InChI is InChI=1S/C16H11BrFNO3/c17-11-3-4-13(12(18)8-11)19-16(20)6-2-10-1-5-14-15(7-10)22-9-21-14/h1-8H,9H2,(H,19,20). The molecule has 1 N–H and O–H groups in total. The van der Waals surface area contributed by atoms with Crippen molar-refractivity contribution in [3.63, 3.8) is 0 Å². The molecule has 0 saturated carbocycles. The van der Waals surface area contributed by atoms with E-state index in [0.717, 1.165) is 5.56 Å². The predicted octanol–water partition coefficient (Wildman–Crippen LogP) is 3.97. The molecule has 0 aliphatic carbocycles. The van der Waals surface area contributed by atoms with Crippen LogP contribution in [-0.2, 0) is 4.79 Å². The molecule has 2 aromatic rings. The van der Waals surface area contributed by atoms with Gasteiger partial charge in [-0.05, 0) is 42.0 Å². The monoisotopic (exact) mass is 363 g/mol. The molecule has 6 heteroatoms. The lowest BCUT2D eigenvalue weighted by Crippen LogP contribution is -2.09. The lowest BCUT2D eigenvalue weighted by molar-refractivity contribution is -0.111. The van der Waals surface area contributed by atoms with Crippen molar-refractivity contribution in [2.75, 3.05) is 12.1 Å². The molecule has 1 heterocycles. The van der Waals surface area contributed by atoms with Crippen LogP contribution in [-0.4, -0.2) is 12.7 Å². The van der Waals surface area contributed by atoms with Gasteiger partial charge >= 0.3 is 0 Å². The fourth-order valence-electron chi connectivity index (χ4n) is 1.95. The average Bonchev–Trinajstić information content (AvgIpc) is 2.95. The number of nitrogens with one attached hydrogen (secondary N) is 1. The highest BCUT2D eigenvalue weighted by Gasteiger charge is 2.12. The van der Waals surface area contributed by atoms with E-state index in [-0.39, 0.29) is 12.5 Å². The molecule has 0 spiro atoms. The number of rotatable bonds is 3. The number of hydrogen-bond acceptors (Lipinski definition) is 3. The Morgan fingerprint density at radius 1 is 1.18 bits per heavy atom. The van der Waals surface area contributed by atoms with Gasteiger partial charge in [-0.1, -0.05) is 22.0 Å². The number of halogens is 2. The van der Waals surface area contributed by atoms with Gasteiger partial charge < -0.3 is 14.8 Å². The highest BCUT2D eigenvalue weighted by atomic mass is 79.9. The minimum absolute atomic E-state index is 0.128. The van der Waals surface area contributed by atoms with Crippen molar-refractivity contribution in [3.05, 3.63) is 58.3 Å². The molecule has 0 atom stereocenters. The summed E-state index contributed by atoms with van der Waals surface area (Å²) in [6, 6.07) is 9.78. The largest absolute Gasteiger partial charge is 0.454 e. The van der Waals surface area contributed by atoms with Gasteiger partial charge in [-0.25, -0.2) is 4.39 Å². The summed E-state index contributed by atoms with van der Waals surface area (Å²) in [5.41, 5.74) is 0.916. The minimum atomic E-state index is -0.501. The maximum Gasteiger partial charge on any atom is 0.248 e. The van der Waals surface area contributed by atoms with Gasteiger partial charge in [0, 0.05) is 10.5 Å². The Labute approximate surface area is 134 Å². The van der Waals surface area contributed by atoms with Crippen molar-refractivity contribution in [3.8, 4) is 11.5 Å². The summed E-state index contributed by atoms with van der Waals surface area (Å²) < 4.78 is 24.7. The van der Waals surface area contributed by atoms with Crippen LogP contribution >= 0.6 is 15.9 Å². The van der Waals surface area contributed by atoms with Gasteiger partial charge in [0.1, 0.15) is 5.82 Å². The topological polar surface area (TPSA) is 47.6 Å². The Hall–Kier alpha value is -2.34. The van der Waals surface area contributed by atoms with E-state index in [4.69, 9.17) is 9.47 Å². The molecule has 0 fully saturated rings. The van der Waals surface area contributed by atoms with Crippen molar-refractivity contribution in [2.45, 2.75) is 0 Å². The second kappa shape index (κ2) is 6.19. The molecular formula is C16H11BrFNO3. The molecule has 1 amide bonds. The van der Waals surface area contributed by atoms with Gasteiger partial charge in [-0.15, -0.1) is 0 Å². The van der Waals surface area contributed by atoms with Crippen LogP contribution < -0.4 is 14.8 Å². The van der Waals surface area contributed by atoms with E-state index in [1.807, 2.05) is 0 Å². The molecule has 1 aliphatic heterocycles. The molecule has 22 heavy (non-hydrogen) atoms. The predicted molar refractivity (Wildman–Crippen MR) is 84.3 cm³/mol. The van der Waals surface area contributed by atoms with E-state index in [9.17, 15) is 9.18 Å². The molecule has 0 bridgehead atoms. The number of ether oxygens (including phenoxy) is 2. The summed E-state index contributed by atoms with van der Waals surface area (Å²) in [7, 11) is 0. The molecule has 112 valence electrons. The number of fused-ring (bicyclic) bond motifs is 1. The van der Waals surface area contributed by atoms with Gasteiger partial charge in [0.05, 0.1) is 5.69 Å². The third-order valence-electron chi connectivity index (χ3n) is 3.01. The highest BCUT2D eigenvalue weighted by Crippen LogP contribution is 2.32. The van der Waals surface area contributed by atoms with E-state index >= 15 is 0 Å². The summed E-state index contributed by atoms with van der Waals surface area (Å²) in [4.78, 5) is 11.8. The second-order valence-electron chi connectivity index (χ2n) is 4.56. The molecule has 0 aromatic heterocycles. The van der Waals surface area contributed by atoms with E-state index in [1.165, 1.54) is 18.2 Å². The minimum Gasteiger partial charge on any atom is -0.454 e. The normalized spacial score (nSPS) is 12.6. The number of anilines is 1. The molecule has 0 radical (unpaired) electrons. The highest BCUT2D eigenvalue weighted by molar-refractivity contribution is 9.10. The van der Waals surface area contributed by atoms with Crippen molar-refractivity contribution in [2.24, 2.45) is 0 Å². The summed E-state index contributed by atoms with van der Waals surface area (Å²) in [5, 5.41) is 2.48. The zero-order chi connectivity index (χ0) is 15.5. The molecule has 0 saturated heterocycles. The van der Waals surface area contributed by atoms with Crippen LogP contribution in [0.3, 0.4) is 0 Å². The van der Waals surface area contributed by atoms with Crippen LogP contribution in [0.4, 0.5) is 10.1 Å². The van der Waals surface area contributed by atoms with Crippen LogP contribution in [0.2, 0.25) is 0 Å². The summed E-state index contributed by atoms with van der Waals surface area (Å²) in [5.74, 6) is 0.401. The maximum atomic E-state index is 13.6. The van der Waals surface area contributed by atoms with Crippen molar-refractivity contribution >= 4 is 33.6 Å². The number of amides is 1. The SMILES string of the molecule is O=C(C=Cc1ccc2c(c1)OCO2)Nc1ccc(Br)cc1F. The van der Waals surface area contributed by atoms with E-state index in [0.29, 0.717) is 16.0 Å². The van der Waals surface area contributed by atoms with Gasteiger partial charge in [-0.2, -0.15) is 0 Å². The average molecular weight is 364 g/mol. The van der Waals surface area contributed by atoms with Gasteiger partial charge in [0.15, 0.2) is 11.5 Å². The Balaban J connectivity index is 1.68. The van der Waals surface area contributed by atoms with Crippen molar-refractivity contribution in [1.29, 1.82) is 0 Å². The fraction of sp³-hybridized carbons (Fsp3) is 0.0625. The fourth-order valence-corrected chi connectivity index (χ4v) is 2.29. The van der Waals surface area contributed by atoms with Crippen LogP contribution in [0.5, 0.6) is 11.5 Å². The third kappa shape index (κ3) is 3.28. The first-order valence-corrected chi connectivity index (χ1v) is 7.25. The van der Waals surface area contributed by atoms with Crippen molar-refractivity contribution < 1.29 is 18.7 Å². The summed E-state index contributed by atoms with van der Waals surface area (Å²) in [6.45, 7) is 0.200. The smallest absolute Gasteiger partial charge is 0.248 e. The number of hydrogen-bond donors (Lipinski definition) is 1.